The first-order chi connectivity index (χ1) is 12.1. The number of carbonyl (C=O) groups is 2. The number of hydrogen-bond donors (Lipinski definition) is 2. The third-order valence-electron chi connectivity index (χ3n) is 5.31. The van der Waals surface area contributed by atoms with Gasteiger partial charge in [-0.3, -0.25) is 9.59 Å². The second-order valence-corrected chi connectivity index (χ2v) is 7.03. The summed E-state index contributed by atoms with van der Waals surface area (Å²) in [6.07, 6.45) is 2.23. The molecule has 0 radical (unpaired) electrons. The van der Waals surface area contributed by atoms with E-state index in [1.165, 1.54) is 11.1 Å². The minimum Gasteiger partial charge on any atom is -0.348 e. The smallest absolute Gasteiger partial charge is 0.252 e. The Kier molecular flexibility index (Phi) is 3.83. The highest BCUT2D eigenvalue weighted by Gasteiger charge is 2.25. The maximum absolute atomic E-state index is 12.0. The average Bonchev–Trinajstić information content (AvgIpc) is 3.15. The van der Waals surface area contributed by atoms with Crippen LogP contribution < -0.4 is 10.6 Å². The van der Waals surface area contributed by atoms with Crippen molar-refractivity contribution in [2.24, 2.45) is 0 Å². The number of hydrogen-bond acceptors (Lipinski definition) is 2. The van der Waals surface area contributed by atoms with Crippen molar-refractivity contribution in [3.8, 4) is 0 Å². The van der Waals surface area contributed by atoms with E-state index in [0.29, 0.717) is 18.9 Å². The normalized spacial score (nSPS) is 16.2. The predicted octanol–water partition coefficient (Wildman–Crippen LogP) is 3.33. The number of fused-ring (bicyclic) bond motifs is 2. The largest absolute Gasteiger partial charge is 0.348 e. The molecule has 0 saturated heterocycles. The molecule has 2 aromatic carbocycles. The summed E-state index contributed by atoms with van der Waals surface area (Å²) in [7, 11) is 0. The van der Waals surface area contributed by atoms with Crippen molar-refractivity contribution >= 4 is 17.5 Å². The molecule has 1 unspecified atom stereocenters. The molecule has 2 aromatic rings. The molecule has 4 rings (SSSR count). The van der Waals surface area contributed by atoms with E-state index in [2.05, 4.69) is 42.7 Å². The van der Waals surface area contributed by atoms with Crippen molar-refractivity contribution < 1.29 is 9.59 Å². The second-order valence-electron chi connectivity index (χ2n) is 7.03. The number of benzene rings is 2. The van der Waals surface area contributed by atoms with E-state index in [9.17, 15) is 9.59 Å². The molecule has 2 N–H and O–H groups in total. The van der Waals surface area contributed by atoms with Gasteiger partial charge in [0.15, 0.2) is 0 Å². The fourth-order valence-corrected chi connectivity index (χ4v) is 4.13. The van der Waals surface area contributed by atoms with E-state index in [1.807, 2.05) is 12.1 Å². The molecule has 4 nitrogen and oxygen atoms in total. The summed E-state index contributed by atoms with van der Waals surface area (Å²) >= 11 is 0. The molecule has 0 aliphatic carbocycles. The highest BCUT2D eigenvalue weighted by Crippen LogP contribution is 2.33. The van der Waals surface area contributed by atoms with Gasteiger partial charge in [-0.05, 0) is 52.6 Å². The first-order valence-corrected chi connectivity index (χ1v) is 8.91. The Hall–Kier alpha value is -2.62. The van der Waals surface area contributed by atoms with Crippen molar-refractivity contribution in [3.63, 3.8) is 0 Å². The standard InChI is InChI=1S/C21H22N2O2/c1-3-14-8-13(9-15-11-22-21(25)20(14)15)7-12(2)16-5-4-6-18-17(16)10-19(24)23-18/h4-6,8-9,12H,3,7,10-11H2,1-2H3,(H,22,25)(H,23,24). The lowest BCUT2D eigenvalue weighted by atomic mass is 9.87. The van der Waals surface area contributed by atoms with Gasteiger partial charge in [0.25, 0.3) is 5.91 Å². The Balaban J connectivity index is 1.65. The van der Waals surface area contributed by atoms with Crippen LogP contribution in [0.3, 0.4) is 0 Å². The Bertz CT molecular complexity index is 886. The van der Waals surface area contributed by atoms with Gasteiger partial charge in [0, 0.05) is 17.8 Å². The molecular weight excluding hydrogens is 312 g/mol. The van der Waals surface area contributed by atoms with Crippen LogP contribution in [0.1, 0.15) is 57.9 Å². The monoisotopic (exact) mass is 334 g/mol. The van der Waals surface area contributed by atoms with Crippen molar-refractivity contribution in [1.29, 1.82) is 0 Å². The number of rotatable bonds is 4. The molecule has 2 aliphatic heterocycles. The minimum atomic E-state index is 0.0527. The van der Waals surface area contributed by atoms with E-state index in [0.717, 1.165) is 40.8 Å². The first-order valence-electron chi connectivity index (χ1n) is 8.91. The third-order valence-corrected chi connectivity index (χ3v) is 5.31. The van der Waals surface area contributed by atoms with Gasteiger partial charge in [0.1, 0.15) is 0 Å². The van der Waals surface area contributed by atoms with Crippen molar-refractivity contribution in [3.05, 3.63) is 63.7 Å². The number of nitrogens with one attached hydrogen (secondary N) is 2. The van der Waals surface area contributed by atoms with E-state index in [4.69, 9.17) is 0 Å². The summed E-state index contributed by atoms with van der Waals surface area (Å²) in [5, 5.41) is 5.85. The minimum absolute atomic E-state index is 0.0527. The van der Waals surface area contributed by atoms with Crippen LogP contribution in [0.15, 0.2) is 30.3 Å². The summed E-state index contributed by atoms with van der Waals surface area (Å²) in [4.78, 5) is 23.7. The highest BCUT2D eigenvalue weighted by molar-refractivity contribution is 6.00. The van der Waals surface area contributed by atoms with Gasteiger partial charge in [-0.15, -0.1) is 0 Å². The fraction of sp³-hybridized carbons (Fsp3) is 0.333. The molecule has 0 saturated carbocycles. The van der Waals surface area contributed by atoms with Crippen LogP contribution in [-0.2, 0) is 30.6 Å². The van der Waals surface area contributed by atoms with E-state index in [1.54, 1.807) is 0 Å². The lowest BCUT2D eigenvalue weighted by Gasteiger charge is -2.17. The number of amides is 2. The molecule has 0 fully saturated rings. The molecular formula is C21H22N2O2. The number of carbonyl (C=O) groups excluding carboxylic acids is 2. The summed E-state index contributed by atoms with van der Waals surface area (Å²) in [6.45, 7) is 4.93. The van der Waals surface area contributed by atoms with E-state index < -0.39 is 0 Å². The van der Waals surface area contributed by atoms with Crippen LogP contribution in [0.2, 0.25) is 0 Å². The maximum Gasteiger partial charge on any atom is 0.252 e. The van der Waals surface area contributed by atoms with Gasteiger partial charge in [-0.1, -0.05) is 38.1 Å². The van der Waals surface area contributed by atoms with Crippen LogP contribution >= 0.6 is 0 Å². The van der Waals surface area contributed by atoms with Gasteiger partial charge in [-0.25, -0.2) is 0 Å². The Labute approximate surface area is 147 Å². The van der Waals surface area contributed by atoms with E-state index in [-0.39, 0.29) is 11.8 Å². The number of anilines is 1. The predicted molar refractivity (Wildman–Crippen MR) is 97.9 cm³/mol. The van der Waals surface area contributed by atoms with Gasteiger partial charge in [0.2, 0.25) is 5.91 Å². The maximum atomic E-state index is 12.0. The van der Waals surface area contributed by atoms with Crippen molar-refractivity contribution in [2.45, 2.75) is 45.6 Å². The Morgan fingerprint density at radius 2 is 2.04 bits per heavy atom. The van der Waals surface area contributed by atoms with Crippen LogP contribution in [0, 0.1) is 0 Å². The average molecular weight is 334 g/mol. The zero-order valence-electron chi connectivity index (χ0n) is 14.6. The topological polar surface area (TPSA) is 58.2 Å². The first kappa shape index (κ1) is 15.9. The molecule has 0 bridgehead atoms. The quantitative estimate of drug-likeness (QED) is 0.901. The molecule has 2 amide bonds. The summed E-state index contributed by atoms with van der Waals surface area (Å²) in [5.41, 5.74) is 7.69. The molecule has 0 aromatic heterocycles. The lowest BCUT2D eigenvalue weighted by molar-refractivity contribution is -0.115. The van der Waals surface area contributed by atoms with Gasteiger partial charge in [0.05, 0.1) is 6.42 Å². The highest BCUT2D eigenvalue weighted by atomic mass is 16.2. The van der Waals surface area contributed by atoms with E-state index >= 15 is 0 Å². The van der Waals surface area contributed by atoms with Gasteiger partial charge in [-0.2, -0.15) is 0 Å². The van der Waals surface area contributed by atoms with Crippen molar-refractivity contribution in [2.75, 3.05) is 5.32 Å². The number of aryl methyl sites for hydroxylation is 1. The van der Waals surface area contributed by atoms with Crippen LogP contribution in [-0.4, -0.2) is 11.8 Å². The SMILES string of the molecule is CCc1cc(CC(C)c2cccc3c2CC(=O)N3)cc2c1C(=O)NC2. The van der Waals surface area contributed by atoms with Crippen molar-refractivity contribution in [1.82, 2.24) is 5.32 Å². The Morgan fingerprint density at radius 3 is 2.84 bits per heavy atom. The van der Waals surface area contributed by atoms with Crippen LogP contribution in [0.4, 0.5) is 5.69 Å². The third kappa shape index (κ3) is 2.72. The summed E-state index contributed by atoms with van der Waals surface area (Å²) < 4.78 is 0. The molecule has 4 heteroatoms. The molecule has 128 valence electrons. The zero-order chi connectivity index (χ0) is 17.6. The van der Waals surface area contributed by atoms with Crippen LogP contribution in [0.25, 0.3) is 0 Å². The second kappa shape index (κ2) is 6.03. The van der Waals surface area contributed by atoms with Gasteiger partial charge >= 0.3 is 0 Å². The van der Waals surface area contributed by atoms with Crippen LogP contribution in [0.5, 0.6) is 0 Å². The molecule has 2 heterocycles. The molecule has 1 atom stereocenters. The summed E-state index contributed by atoms with van der Waals surface area (Å²) in [5.74, 6) is 0.442. The Morgan fingerprint density at radius 1 is 1.20 bits per heavy atom. The lowest BCUT2D eigenvalue weighted by Crippen LogP contribution is -2.13. The van der Waals surface area contributed by atoms with Gasteiger partial charge < -0.3 is 10.6 Å². The molecule has 2 aliphatic rings. The zero-order valence-corrected chi connectivity index (χ0v) is 14.6. The molecule has 25 heavy (non-hydrogen) atoms. The fourth-order valence-electron chi connectivity index (χ4n) is 4.13. The molecule has 0 spiro atoms. The summed E-state index contributed by atoms with van der Waals surface area (Å²) in [6, 6.07) is 10.4.